The van der Waals surface area contributed by atoms with Gasteiger partial charge in [0.15, 0.2) is 0 Å². The Kier molecular flexibility index (Phi) is 5.99. The first kappa shape index (κ1) is 21.0. The summed E-state index contributed by atoms with van der Waals surface area (Å²) in [5.74, 6) is 0.783. The first-order valence-corrected chi connectivity index (χ1v) is 10.5. The number of carbonyl (C=O) groups excluding carboxylic acids is 1. The molecule has 3 aromatic rings. The van der Waals surface area contributed by atoms with Gasteiger partial charge in [-0.05, 0) is 36.2 Å². The van der Waals surface area contributed by atoms with E-state index in [1.165, 1.54) is 0 Å². The van der Waals surface area contributed by atoms with Gasteiger partial charge in [0.25, 0.3) is 11.5 Å². The van der Waals surface area contributed by atoms with Gasteiger partial charge in [-0.25, -0.2) is 4.98 Å². The summed E-state index contributed by atoms with van der Waals surface area (Å²) in [5, 5.41) is 2.56. The second kappa shape index (κ2) is 8.85. The van der Waals surface area contributed by atoms with Crippen molar-refractivity contribution in [2.75, 3.05) is 20.1 Å². The number of pyridine rings is 3. The number of hydrogen-bond acceptors (Lipinski definition) is 6. The molecule has 1 fully saturated rings. The lowest BCUT2D eigenvalue weighted by molar-refractivity contribution is 0.0958. The van der Waals surface area contributed by atoms with Gasteiger partial charge < -0.3 is 15.0 Å². The number of nitrogens with one attached hydrogen (secondary N) is 2. The van der Waals surface area contributed by atoms with E-state index >= 15 is 0 Å². The molecule has 3 aromatic heterocycles. The van der Waals surface area contributed by atoms with Crippen molar-refractivity contribution in [3.05, 3.63) is 63.8 Å². The van der Waals surface area contributed by atoms with Crippen molar-refractivity contribution in [1.82, 2.24) is 25.2 Å². The van der Waals surface area contributed by atoms with Crippen molar-refractivity contribution >= 4 is 16.9 Å². The number of carbonyl (C=O) groups is 1. The molecule has 0 unspecified atom stereocenters. The van der Waals surface area contributed by atoms with E-state index in [1.807, 2.05) is 25.3 Å². The van der Waals surface area contributed by atoms with Gasteiger partial charge in [0, 0.05) is 44.4 Å². The summed E-state index contributed by atoms with van der Waals surface area (Å²) in [6, 6.07) is 7.31. The minimum absolute atomic E-state index is 0.0352. The standard InChI is InChI=1S/C23H27N5O3/c1-4-16-8-19-20(27-22(16)29)7-15(9-25-19)12-28-11-14(2)21(13-28)31-17-5-6-18(26-10-17)23(30)24-3/h5-10,14,21H,4,11-13H2,1-3H3,(H,24,30)(H,27,29)/t14-,21+/m0/s1. The second-order valence-electron chi connectivity index (χ2n) is 8.04. The average Bonchev–Trinajstić information content (AvgIpc) is 3.11. The molecular weight excluding hydrogens is 394 g/mol. The molecule has 4 rings (SSSR count). The van der Waals surface area contributed by atoms with Gasteiger partial charge in [-0.1, -0.05) is 13.8 Å². The summed E-state index contributed by atoms with van der Waals surface area (Å²) in [6.07, 6.45) is 4.19. The van der Waals surface area contributed by atoms with E-state index < -0.39 is 0 Å². The highest BCUT2D eigenvalue weighted by atomic mass is 16.5. The summed E-state index contributed by atoms with van der Waals surface area (Å²) in [5.41, 5.74) is 3.69. The van der Waals surface area contributed by atoms with Gasteiger partial charge in [0.1, 0.15) is 17.5 Å². The molecule has 0 aliphatic carbocycles. The lowest BCUT2D eigenvalue weighted by Gasteiger charge is -2.18. The van der Waals surface area contributed by atoms with Crippen molar-refractivity contribution in [1.29, 1.82) is 0 Å². The van der Waals surface area contributed by atoms with Crippen LogP contribution in [0, 0.1) is 5.92 Å². The third-order valence-corrected chi connectivity index (χ3v) is 5.72. The Labute approximate surface area is 180 Å². The van der Waals surface area contributed by atoms with Crippen LogP contribution < -0.4 is 15.6 Å². The second-order valence-corrected chi connectivity index (χ2v) is 8.04. The fourth-order valence-corrected chi connectivity index (χ4v) is 3.98. The minimum Gasteiger partial charge on any atom is -0.487 e. The normalized spacial score (nSPS) is 18.9. The number of H-pyrrole nitrogens is 1. The zero-order valence-corrected chi connectivity index (χ0v) is 18.0. The van der Waals surface area contributed by atoms with Crippen LogP contribution in [0.15, 0.2) is 41.5 Å². The number of nitrogens with zero attached hydrogens (tertiary/aromatic N) is 3. The molecular formula is C23H27N5O3. The van der Waals surface area contributed by atoms with Crippen LogP contribution in [0.1, 0.15) is 35.5 Å². The number of ether oxygens (including phenoxy) is 1. The maximum atomic E-state index is 12.1. The number of aromatic amines is 1. The molecule has 0 bridgehead atoms. The van der Waals surface area contributed by atoms with E-state index in [1.54, 1.807) is 25.4 Å². The molecule has 0 saturated carbocycles. The fraction of sp³-hybridized carbons (Fsp3) is 0.391. The van der Waals surface area contributed by atoms with Crippen molar-refractivity contribution < 1.29 is 9.53 Å². The Morgan fingerprint density at radius 1 is 1.26 bits per heavy atom. The largest absolute Gasteiger partial charge is 0.487 e. The third-order valence-electron chi connectivity index (χ3n) is 5.72. The van der Waals surface area contributed by atoms with Gasteiger partial charge in [-0.2, -0.15) is 0 Å². The highest BCUT2D eigenvalue weighted by Crippen LogP contribution is 2.24. The smallest absolute Gasteiger partial charge is 0.269 e. The maximum Gasteiger partial charge on any atom is 0.269 e. The quantitative estimate of drug-likeness (QED) is 0.633. The molecule has 1 amide bonds. The van der Waals surface area contributed by atoms with E-state index in [9.17, 15) is 9.59 Å². The number of likely N-dealkylation sites (tertiary alicyclic amines) is 1. The summed E-state index contributed by atoms with van der Waals surface area (Å²) in [4.78, 5) is 37.7. The monoisotopic (exact) mass is 421 g/mol. The van der Waals surface area contributed by atoms with Crippen LogP contribution in [0.4, 0.5) is 0 Å². The Bertz CT molecular complexity index is 1140. The molecule has 0 radical (unpaired) electrons. The number of amides is 1. The predicted octanol–water partition coefficient (Wildman–Crippen LogP) is 2.14. The Morgan fingerprint density at radius 3 is 2.81 bits per heavy atom. The first-order valence-electron chi connectivity index (χ1n) is 10.5. The van der Waals surface area contributed by atoms with Crippen molar-refractivity contribution in [2.45, 2.75) is 32.9 Å². The summed E-state index contributed by atoms with van der Waals surface area (Å²) in [7, 11) is 1.58. The number of rotatable bonds is 6. The lowest BCUT2D eigenvalue weighted by atomic mass is 10.1. The molecule has 8 nitrogen and oxygen atoms in total. The molecule has 1 aliphatic heterocycles. The van der Waals surface area contributed by atoms with Crippen LogP contribution in [0.25, 0.3) is 11.0 Å². The van der Waals surface area contributed by atoms with E-state index in [-0.39, 0.29) is 17.6 Å². The van der Waals surface area contributed by atoms with Crippen LogP contribution >= 0.6 is 0 Å². The molecule has 8 heteroatoms. The molecule has 2 atom stereocenters. The number of hydrogen-bond donors (Lipinski definition) is 2. The lowest BCUT2D eigenvalue weighted by Crippen LogP contribution is -2.26. The molecule has 2 N–H and O–H groups in total. The van der Waals surface area contributed by atoms with E-state index in [0.29, 0.717) is 23.8 Å². The zero-order chi connectivity index (χ0) is 22.0. The van der Waals surface area contributed by atoms with Crippen LogP contribution in [-0.4, -0.2) is 52.0 Å². The topological polar surface area (TPSA) is 100 Å². The van der Waals surface area contributed by atoms with Crippen LogP contribution in [0.5, 0.6) is 5.75 Å². The number of aromatic nitrogens is 3. The minimum atomic E-state index is -0.219. The van der Waals surface area contributed by atoms with Crippen LogP contribution in [0.3, 0.4) is 0 Å². The van der Waals surface area contributed by atoms with Crippen LogP contribution in [0.2, 0.25) is 0 Å². The van der Waals surface area contributed by atoms with Crippen molar-refractivity contribution in [3.8, 4) is 5.75 Å². The Hall–Kier alpha value is -3.26. The molecule has 31 heavy (non-hydrogen) atoms. The van der Waals surface area contributed by atoms with Gasteiger partial charge in [0.05, 0.1) is 17.2 Å². The zero-order valence-electron chi connectivity index (χ0n) is 18.0. The van der Waals surface area contributed by atoms with Crippen molar-refractivity contribution in [2.24, 2.45) is 5.92 Å². The number of aryl methyl sites for hydroxylation is 1. The van der Waals surface area contributed by atoms with Crippen LogP contribution in [-0.2, 0) is 13.0 Å². The molecule has 4 heterocycles. The highest BCUT2D eigenvalue weighted by Gasteiger charge is 2.31. The van der Waals surface area contributed by atoms with Crippen molar-refractivity contribution in [3.63, 3.8) is 0 Å². The van der Waals surface area contributed by atoms with E-state index in [2.05, 4.69) is 32.1 Å². The van der Waals surface area contributed by atoms with Gasteiger partial charge in [-0.3, -0.25) is 19.5 Å². The SMILES string of the molecule is CCc1cc2ncc(CN3C[C@H](C)[C@H](Oc4ccc(C(=O)NC)nc4)C3)cc2[nH]c1=O. The first-order chi connectivity index (χ1) is 15.0. The van der Waals surface area contributed by atoms with E-state index in [4.69, 9.17) is 4.74 Å². The van der Waals surface area contributed by atoms with Gasteiger partial charge in [0.2, 0.25) is 0 Å². The molecule has 0 aromatic carbocycles. The summed E-state index contributed by atoms with van der Waals surface area (Å²) >= 11 is 0. The summed E-state index contributed by atoms with van der Waals surface area (Å²) < 4.78 is 6.14. The molecule has 162 valence electrons. The summed E-state index contributed by atoms with van der Waals surface area (Å²) in [6.45, 7) is 6.54. The third kappa shape index (κ3) is 4.59. The van der Waals surface area contributed by atoms with Gasteiger partial charge >= 0.3 is 0 Å². The Balaban J connectivity index is 1.41. The predicted molar refractivity (Wildman–Crippen MR) is 118 cm³/mol. The van der Waals surface area contributed by atoms with E-state index in [0.717, 1.165) is 41.8 Å². The maximum absolute atomic E-state index is 12.1. The Morgan fingerprint density at radius 2 is 2.10 bits per heavy atom. The fourth-order valence-electron chi connectivity index (χ4n) is 3.98. The molecule has 1 aliphatic rings. The highest BCUT2D eigenvalue weighted by molar-refractivity contribution is 5.91. The molecule has 0 spiro atoms. The number of fused-ring (bicyclic) bond motifs is 1. The molecule has 1 saturated heterocycles. The average molecular weight is 422 g/mol. The van der Waals surface area contributed by atoms with Gasteiger partial charge in [-0.15, -0.1) is 0 Å².